The third-order valence-corrected chi connectivity index (χ3v) is 4.43. The Labute approximate surface area is 125 Å². The fourth-order valence-electron chi connectivity index (χ4n) is 2.40. The van der Waals surface area contributed by atoms with Gasteiger partial charge in [0.05, 0.1) is 6.10 Å². The summed E-state index contributed by atoms with van der Waals surface area (Å²) in [6, 6.07) is 7.69. The predicted molar refractivity (Wildman–Crippen MR) is 80.8 cm³/mol. The maximum atomic E-state index is 12.0. The van der Waals surface area contributed by atoms with Crippen molar-refractivity contribution in [3.05, 3.63) is 34.9 Å². The van der Waals surface area contributed by atoms with Gasteiger partial charge in [-0.15, -0.1) is 0 Å². The van der Waals surface area contributed by atoms with Crippen molar-refractivity contribution in [1.29, 1.82) is 0 Å². The highest BCUT2D eigenvalue weighted by atomic mass is 35.5. The van der Waals surface area contributed by atoms with Gasteiger partial charge in [0.15, 0.2) is 0 Å². The minimum atomic E-state index is -0.465. The first-order valence-electron chi connectivity index (χ1n) is 7.24. The number of carbonyl (C=O) groups excluding carboxylic acids is 1. The highest BCUT2D eigenvalue weighted by Gasteiger charge is 2.43. The van der Waals surface area contributed by atoms with Crippen molar-refractivity contribution in [2.45, 2.75) is 38.7 Å². The van der Waals surface area contributed by atoms with Crippen LogP contribution in [0.3, 0.4) is 0 Å². The van der Waals surface area contributed by atoms with E-state index in [0.717, 1.165) is 18.4 Å². The summed E-state index contributed by atoms with van der Waals surface area (Å²) < 4.78 is 0. The van der Waals surface area contributed by atoms with Gasteiger partial charge in [-0.2, -0.15) is 0 Å². The fourth-order valence-corrected chi connectivity index (χ4v) is 2.60. The number of rotatable bonds is 6. The summed E-state index contributed by atoms with van der Waals surface area (Å²) in [6.07, 6.45) is 1.31. The Morgan fingerprint density at radius 2 is 2.30 bits per heavy atom. The molecule has 3 nitrogen and oxygen atoms in total. The lowest BCUT2D eigenvalue weighted by Gasteiger charge is -2.17. The van der Waals surface area contributed by atoms with Crippen molar-refractivity contribution in [2.24, 2.45) is 11.8 Å². The van der Waals surface area contributed by atoms with E-state index in [-0.39, 0.29) is 23.7 Å². The van der Waals surface area contributed by atoms with Crippen LogP contribution in [0.15, 0.2) is 24.3 Å². The Kier molecular flexibility index (Phi) is 5.06. The van der Waals surface area contributed by atoms with Gasteiger partial charge in [-0.3, -0.25) is 4.79 Å². The van der Waals surface area contributed by atoms with Gasteiger partial charge < -0.3 is 10.4 Å². The molecular formula is C16H22ClNO2. The minimum absolute atomic E-state index is 0.0256. The average molecular weight is 296 g/mol. The topological polar surface area (TPSA) is 49.3 Å². The van der Waals surface area contributed by atoms with Crippen LogP contribution < -0.4 is 5.32 Å². The van der Waals surface area contributed by atoms with E-state index in [1.165, 1.54) is 0 Å². The van der Waals surface area contributed by atoms with Gasteiger partial charge in [0, 0.05) is 17.5 Å². The maximum absolute atomic E-state index is 12.0. The molecule has 1 aliphatic rings. The normalized spacial score (nSPS) is 24.0. The number of hydrogen-bond donors (Lipinski definition) is 2. The van der Waals surface area contributed by atoms with E-state index >= 15 is 0 Å². The first kappa shape index (κ1) is 15.3. The number of carbonyl (C=O) groups is 1. The molecule has 1 saturated carbocycles. The summed E-state index contributed by atoms with van der Waals surface area (Å²) in [4.78, 5) is 12.0. The standard InChI is InChI=1S/C16H22ClNO2/c1-3-10(2)15(19)9-18-16(20)14-8-13(14)11-5-4-6-12(17)7-11/h4-7,10,13-15,19H,3,8-9H2,1-2H3,(H,18,20). The van der Waals surface area contributed by atoms with E-state index in [9.17, 15) is 9.90 Å². The van der Waals surface area contributed by atoms with Crippen LogP contribution in [0.5, 0.6) is 0 Å². The van der Waals surface area contributed by atoms with Gasteiger partial charge in [-0.25, -0.2) is 0 Å². The third-order valence-electron chi connectivity index (χ3n) is 4.19. The van der Waals surface area contributed by atoms with Crippen molar-refractivity contribution in [1.82, 2.24) is 5.32 Å². The lowest BCUT2D eigenvalue weighted by Crippen LogP contribution is -2.36. The Morgan fingerprint density at radius 1 is 1.55 bits per heavy atom. The molecule has 1 aliphatic carbocycles. The van der Waals surface area contributed by atoms with Crippen LogP contribution in [0, 0.1) is 11.8 Å². The lowest BCUT2D eigenvalue weighted by molar-refractivity contribution is -0.123. The smallest absolute Gasteiger partial charge is 0.223 e. The first-order chi connectivity index (χ1) is 9.52. The van der Waals surface area contributed by atoms with E-state index < -0.39 is 6.10 Å². The molecule has 4 heteroatoms. The molecule has 2 N–H and O–H groups in total. The van der Waals surface area contributed by atoms with Gasteiger partial charge >= 0.3 is 0 Å². The van der Waals surface area contributed by atoms with Crippen LogP contribution >= 0.6 is 11.6 Å². The fraction of sp³-hybridized carbons (Fsp3) is 0.562. The third kappa shape index (κ3) is 3.74. The van der Waals surface area contributed by atoms with Crippen molar-refractivity contribution >= 4 is 17.5 Å². The van der Waals surface area contributed by atoms with E-state index in [4.69, 9.17) is 11.6 Å². The number of aliphatic hydroxyl groups excluding tert-OH is 1. The second-order valence-corrected chi connectivity index (χ2v) is 6.14. The number of aliphatic hydroxyl groups is 1. The molecule has 0 heterocycles. The highest BCUT2D eigenvalue weighted by molar-refractivity contribution is 6.30. The van der Waals surface area contributed by atoms with E-state index in [1.54, 1.807) is 0 Å². The highest BCUT2D eigenvalue weighted by Crippen LogP contribution is 2.47. The molecule has 4 unspecified atom stereocenters. The van der Waals surface area contributed by atoms with Gasteiger partial charge in [0.25, 0.3) is 0 Å². The number of hydrogen-bond acceptors (Lipinski definition) is 2. The molecule has 0 saturated heterocycles. The monoisotopic (exact) mass is 295 g/mol. The number of halogens is 1. The predicted octanol–water partition coefficient (Wildman–Crippen LogP) is 2.97. The Hall–Kier alpha value is -1.06. The summed E-state index contributed by atoms with van der Waals surface area (Å²) in [6.45, 7) is 4.36. The molecule has 110 valence electrons. The molecule has 0 aliphatic heterocycles. The first-order valence-corrected chi connectivity index (χ1v) is 7.62. The second-order valence-electron chi connectivity index (χ2n) is 5.70. The van der Waals surface area contributed by atoms with Crippen LogP contribution in [-0.2, 0) is 4.79 Å². The summed E-state index contributed by atoms with van der Waals surface area (Å²) in [5.41, 5.74) is 1.13. The quantitative estimate of drug-likeness (QED) is 0.848. The number of benzene rings is 1. The molecule has 0 spiro atoms. The Bertz CT molecular complexity index is 477. The summed E-state index contributed by atoms with van der Waals surface area (Å²) in [5, 5.41) is 13.4. The summed E-state index contributed by atoms with van der Waals surface area (Å²) in [7, 11) is 0. The van der Waals surface area contributed by atoms with Crippen LogP contribution in [0.25, 0.3) is 0 Å². The Morgan fingerprint density at radius 3 is 2.95 bits per heavy atom. The maximum Gasteiger partial charge on any atom is 0.223 e. The minimum Gasteiger partial charge on any atom is -0.391 e. The molecule has 1 amide bonds. The zero-order chi connectivity index (χ0) is 14.7. The molecule has 1 fully saturated rings. The van der Waals surface area contributed by atoms with Gasteiger partial charge in [-0.1, -0.05) is 44.0 Å². The SMILES string of the molecule is CCC(C)C(O)CNC(=O)C1CC1c1cccc(Cl)c1. The molecule has 20 heavy (non-hydrogen) atoms. The van der Waals surface area contributed by atoms with Crippen LogP contribution in [0.1, 0.15) is 38.2 Å². The molecule has 0 bridgehead atoms. The molecule has 1 aromatic carbocycles. The molecule has 1 aromatic rings. The Balaban J connectivity index is 1.81. The van der Waals surface area contributed by atoms with Crippen molar-refractivity contribution in [2.75, 3.05) is 6.54 Å². The van der Waals surface area contributed by atoms with Crippen LogP contribution in [-0.4, -0.2) is 23.7 Å². The van der Waals surface area contributed by atoms with E-state index in [0.29, 0.717) is 11.6 Å². The second kappa shape index (κ2) is 6.59. The molecule has 0 aromatic heterocycles. The largest absolute Gasteiger partial charge is 0.391 e. The molecule has 0 radical (unpaired) electrons. The van der Waals surface area contributed by atoms with Gasteiger partial charge in [0.1, 0.15) is 0 Å². The molecule has 2 rings (SSSR count). The van der Waals surface area contributed by atoms with E-state index in [2.05, 4.69) is 5.32 Å². The van der Waals surface area contributed by atoms with Gasteiger partial charge in [0.2, 0.25) is 5.91 Å². The zero-order valence-electron chi connectivity index (χ0n) is 12.0. The lowest BCUT2D eigenvalue weighted by atomic mass is 10.0. The van der Waals surface area contributed by atoms with Crippen LogP contribution in [0.2, 0.25) is 5.02 Å². The van der Waals surface area contributed by atoms with Crippen molar-refractivity contribution < 1.29 is 9.90 Å². The van der Waals surface area contributed by atoms with Gasteiger partial charge in [-0.05, 0) is 36.0 Å². The molecular weight excluding hydrogens is 274 g/mol. The zero-order valence-corrected chi connectivity index (χ0v) is 12.7. The number of nitrogens with one attached hydrogen (secondary N) is 1. The average Bonchev–Trinajstić information content (AvgIpc) is 3.24. The number of amides is 1. The van der Waals surface area contributed by atoms with Crippen molar-refractivity contribution in [3.8, 4) is 0 Å². The van der Waals surface area contributed by atoms with Crippen molar-refractivity contribution in [3.63, 3.8) is 0 Å². The van der Waals surface area contributed by atoms with Crippen LogP contribution in [0.4, 0.5) is 0 Å². The molecule has 4 atom stereocenters. The van der Waals surface area contributed by atoms with E-state index in [1.807, 2.05) is 38.1 Å². The summed E-state index contributed by atoms with van der Waals surface area (Å²) >= 11 is 5.96. The summed E-state index contributed by atoms with van der Waals surface area (Å²) in [5.74, 6) is 0.544.